The average Bonchev–Trinajstić information content (AvgIpc) is 2.88. The molecule has 5 nitrogen and oxygen atoms in total. The SMILES string of the molecule is CC(NCCn1cccn1)c1ccnn1C. The molecule has 5 heteroatoms. The van der Waals surface area contributed by atoms with E-state index in [1.54, 1.807) is 6.20 Å². The quantitative estimate of drug-likeness (QED) is 0.815. The zero-order valence-corrected chi connectivity index (χ0v) is 9.67. The van der Waals surface area contributed by atoms with Crippen LogP contribution in [0.5, 0.6) is 0 Å². The van der Waals surface area contributed by atoms with Crippen molar-refractivity contribution in [2.45, 2.75) is 19.5 Å². The maximum absolute atomic E-state index is 4.15. The summed E-state index contributed by atoms with van der Waals surface area (Å²) in [5.74, 6) is 0. The molecule has 0 aliphatic heterocycles. The minimum absolute atomic E-state index is 0.308. The van der Waals surface area contributed by atoms with Crippen LogP contribution in [0, 0.1) is 0 Å². The van der Waals surface area contributed by atoms with Crippen LogP contribution in [-0.2, 0) is 13.6 Å². The van der Waals surface area contributed by atoms with Gasteiger partial charge < -0.3 is 5.32 Å². The highest BCUT2D eigenvalue weighted by atomic mass is 15.3. The van der Waals surface area contributed by atoms with Gasteiger partial charge in [0.05, 0.1) is 12.2 Å². The second-order valence-corrected chi connectivity index (χ2v) is 3.82. The Hall–Kier alpha value is -1.62. The predicted molar refractivity (Wildman–Crippen MR) is 61.9 cm³/mol. The number of hydrogen-bond donors (Lipinski definition) is 1. The summed E-state index contributed by atoms with van der Waals surface area (Å²) < 4.78 is 3.81. The molecular formula is C11H17N5. The molecular weight excluding hydrogens is 202 g/mol. The summed E-state index contributed by atoms with van der Waals surface area (Å²) in [5, 5.41) is 11.7. The van der Waals surface area contributed by atoms with Gasteiger partial charge >= 0.3 is 0 Å². The summed E-state index contributed by atoms with van der Waals surface area (Å²) in [6, 6.07) is 4.28. The third-order valence-electron chi connectivity index (χ3n) is 2.65. The highest BCUT2D eigenvalue weighted by molar-refractivity contribution is 5.04. The lowest BCUT2D eigenvalue weighted by Gasteiger charge is -2.13. The Morgan fingerprint density at radius 3 is 2.88 bits per heavy atom. The van der Waals surface area contributed by atoms with Gasteiger partial charge in [-0.05, 0) is 19.1 Å². The molecule has 0 aliphatic rings. The smallest absolute Gasteiger partial charge is 0.0547 e. The molecule has 0 aliphatic carbocycles. The minimum atomic E-state index is 0.308. The maximum Gasteiger partial charge on any atom is 0.0547 e. The second-order valence-electron chi connectivity index (χ2n) is 3.82. The summed E-state index contributed by atoms with van der Waals surface area (Å²) in [4.78, 5) is 0. The third-order valence-corrected chi connectivity index (χ3v) is 2.65. The molecule has 0 aromatic carbocycles. The first-order valence-corrected chi connectivity index (χ1v) is 5.46. The Morgan fingerprint density at radius 2 is 2.25 bits per heavy atom. The Kier molecular flexibility index (Phi) is 3.36. The number of aromatic nitrogens is 4. The van der Waals surface area contributed by atoms with Gasteiger partial charge in [0.2, 0.25) is 0 Å². The summed E-state index contributed by atoms with van der Waals surface area (Å²) in [6.07, 6.45) is 5.59. The van der Waals surface area contributed by atoms with Gasteiger partial charge in [-0.1, -0.05) is 0 Å². The average molecular weight is 219 g/mol. The van der Waals surface area contributed by atoms with Crippen molar-refractivity contribution in [2.75, 3.05) is 6.54 Å². The van der Waals surface area contributed by atoms with E-state index in [0.717, 1.165) is 13.1 Å². The van der Waals surface area contributed by atoms with Crippen molar-refractivity contribution in [3.63, 3.8) is 0 Å². The van der Waals surface area contributed by atoms with Crippen LogP contribution in [0.15, 0.2) is 30.7 Å². The van der Waals surface area contributed by atoms with E-state index in [-0.39, 0.29) is 0 Å². The number of aryl methyl sites for hydroxylation is 1. The van der Waals surface area contributed by atoms with Gasteiger partial charge in [0, 0.05) is 38.2 Å². The molecule has 2 aromatic heterocycles. The minimum Gasteiger partial charge on any atom is -0.307 e. The molecule has 1 atom stereocenters. The summed E-state index contributed by atoms with van der Waals surface area (Å²) in [7, 11) is 1.96. The predicted octanol–water partition coefficient (Wildman–Crippen LogP) is 0.967. The monoisotopic (exact) mass is 219 g/mol. The fourth-order valence-electron chi connectivity index (χ4n) is 1.74. The topological polar surface area (TPSA) is 47.7 Å². The lowest BCUT2D eigenvalue weighted by molar-refractivity contribution is 0.486. The lowest BCUT2D eigenvalue weighted by atomic mass is 10.2. The van der Waals surface area contributed by atoms with E-state index in [1.165, 1.54) is 5.69 Å². The van der Waals surface area contributed by atoms with Crippen LogP contribution in [0.4, 0.5) is 0 Å². The van der Waals surface area contributed by atoms with Crippen molar-refractivity contribution in [1.29, 1.82) is 0 Å². The molecule has 0 saturated heterocycles. The van der Waals surface area contributed by atoms with Crippen LogP contribution in [0.1, 0.15) is 18.7 Å². The van der Waals surface area contributed by atoms with Crippen LogP contribution >= 0.6 is 0 Å². The van der Waals surface area contributed by atoms with Crippen LogP contribution < -0.4 is 5.32 Å². The second kappa shape index (κ2) is 4.94. The van der Waals surface area contributed by atoms with Gasteiger partial charge in [-0.25, -0.2) is 0 Å². The molecule has 16 heavy (non-hydrogen) atoms. The normalized spacial score (nSPS) is 12.9. The molecule has 0 bridgehead atoms. The lowest BCUT2D eigenvalue weighted by Crippen LogP contribution is -2.25. The highest BCUT2D eigenvalue weighted by Crippen LogP contribution is 2.09. The van der Waals surface area contributed by atoms with Gasteiger partial charge in [-0.15, -0.1) is 0 Å². The summed E-state index contributed by atoms with van der Waals surface area (Å²) in [5.41, 5.74) is 1.19. The van der Waals surface area contributed by atoms with Crippen LogP contribution in [-0.4, -0.2) is 26.1 Å². The van der Waals surface area contributed by atoms with E-state index in [9.17, 15) is 0 Å². The number of hydrogen-bond acceptors (Lipinski definition) is 3. The number of rotatable bonds is 5. The zero-order valence-electron chi connectivity index (χ0n) is 9.67. The molecule has 1 N–H and O–H groups in total. The van der Waals surface area contributed by atoms with Gasteiger partial charge in [-0.2, -0.15) is 10.2 Å². The Labute approximate surface area is 95.1 Å². The Balaban J connectivity index is 1.80. The summed E-state index contributed by atoms with van der Waals surface area (Å²) in [6.45, 7) is 3.92. The Morgan fingerprint density at radius 1 is 1.38 bits per heavy atom. The first kappa shape index (κ1) is 10.9. The third kappa shape index (κ3) is 2.49. The fraction of sp³-hybridized carbons (Fsp3) is 0.455. The zero-order chi connectivity index (χ0) is 11.4. The van der Waals surface area contributed by atoms with E-state index >= 15 is 0 Å². The molecule has 2 heterocycles. The van der Waals surface area contributed by atoms with E-state index in [4.69, 9.17) is 0 Å². The van der Waals surface area contributed by atoms with Crippen molar-refractivity contribution >= 4 is 0 Å². The maximum atomic E-state index is 4.15. The van der Waals surface area contributed by atoms with E-state index < -0.39 is 0 Å². The molecule has 1 unspecified atom stereocenters. The van der Waals surface area contributed by atoms with Crippen LogP contribution in [0.2, 0.25) is 0 Å². The van der Waals surface area contributed by atoms with E-state index in [0.29, 0.717) is 6.04 Å². The van der Waals surface area contributed by atoms with Gasteiger partial charge in [0.15, 0.2) is 0 Å². The van der Waals surface area contributed by atoms with Crippen LogP contribution in [0.3, 0.4) is 0 Å². The molecule has 2 rings (SSSR count). The van der Waals surface area contributed by atoms with Gasteiger partial charge in [0.1, 0.15) is 0 Å². The number of nitrogens with zero attached hydrogens (tertiary/aromatic N) is 4. The molecule has 0 spiro atoms. The largest absolute Gasteiger partial charge is 0.307 e. The molecule has 86 valence electrons. The number of nitrogens with one attached hydrogen (secondary N) is 1. The van der Waals surface area contributed by atoms with Gasteiger partial charge in [-0.3, -0.25) is 9.36 Å². The molecule has 2 aromatic rings. The fourth-order valence-corrected chi connectivity index (χ4v) is 1.74. The van der Waals surface area contributed by atoms with Gasteiger partial charge in [0.25, 0.3) is 0 Å². The molecule has 0 fully saturated rings. The van der Waals surface area contributed by atoms with E-state index in [1.807, 2.05) is 40.9 Å². The van der Waals surface area contributed by atoms with Crippen molar-refractivity contribution < 1.29 is 0 Å². The molecule has 0 saturated carbocycles. The summed E-state index contributed by atoms with van der Waals surface area (Å²) >= 11 is 0. The van der Waals surface area contributed by atoms with Crippen molar-refractivity contribution in [3.8, 4) is 0 Å². The molecule has 0 amide bonds. The molecule has 0 radical (unpaired) electrons. The van der Waals surface area contributed by atoms with Crippen molar-refractivity contribution in [2.24, 2.45) is 7.05 Å². The Bertz CT molecular complexity index is 417. The van der Waals surface area contributed by atoms with E-state index in [2.05, 4.69) is 22.4 Å². The standard InChI is InChI=1S/C11H17N5/c1-10(11-4-6-13-15(11)2)12-7-9-16-8-3-5-14-16/h3-6,8,10,12H,7,9H2,1-2H3. The van der Waals surface area contributed by atoms with Crippen molar-refractivity contribution in [1.82, 2.24) is 24.9 Å². The first-order valence-electron chi connectivity index (χ1n) is 5.46. The first-order chi connectivity index (χ1) is 7.77. The van der Waals surface area contributed by atoms with Crippen LogP contribution in [0.25, 0.3) is 0 Å². The van der Waals surface area contributed by atoms with Crippen molar-refractivity contribution in [3.05, 3.63) is 36.4 Å². The highest BCUT2D eigenvalue weighted by Gasteiger charge is 2.07.